The number of anilines is 1. The summed E-state index contributed by atoms with van der Waals surface area (Å²) in [5, 5.41) is 5.91. The van der Waals surface area contributed by atoms with Crippen LogP contribution in [0, 0.1) is 0 Å². The smallest absolute Gasteiger partial charge is 0.317 e. The first-order valence-corrected chi connectivity index (χ1v) is 10.2. The average Bonchev–Trinajstić information content (AvgIpc) is 3.44. The first-order valence-electron chi connectivity index (χ1n) is 10.2. The highest BCUT2D eigenvalue weighted by Gasteiger charge is 2.31. The Morgan fingerprint density at radius 1 is 1.14 bits per heavy atom. The largest absolute Gasteiger partial charge is 0.376 e. The van der Waals surface area contributed by atoms with Crippen LogP contribution in [0.2, 0.25) is 0 Å². The van der Waals surface area contributed by atoms with E-state index in [1.807, 2.05) is 4.90 Å². The van der Waals surface area contributed by atoms with Crippen LogP contribution in [-0.4, -0.2) is 77.6 Å². The minimum absolute atomic E-state index is 0.0609. The van der Waals surface area contributed by atoms with Crippen LogP contribution in [0.1, 0.15) is 47.4 Å². The van der Waals surface area contributed by atoms with Gasteiger partial charge in [-0.15, -0.1) is 0 Å². The third-order valence-electron chi connectivity index (χ3n) is 5.67. The van der Waals surface area contributed by atoms with Crippen LogP contribution in [-0.2, 0) is 17.7 Å². The number of fused-ring (bicyclic) bond motifs is 1. The lowest BCUT2D eigenvalue weighted by Gasteiger charge is -2.30. The fourth-order valence-electron chi connectivity index (χ4n) is 4.06. The number of carbonyl (C=O) groups is 2. The molecule has 0 radical (unpaired) electrons. The quantitative estimate of drug-likeness (QED) is 0.798. The second-order valence-corrected chi connectivity index (χ2v) is 7.56. The number of nitrogens with one attached hydrogen (secondary N) is 2. The molecule has 4 heterocycles. The molecule has 1 atom stereocenters. The van der Waals surface area contributed by atoms with Crippen molar-refractivity contribution in [3.05, 3.63) is 17.0 Å². The fourth-order valence-corrected chi connectivity index (χ4v) is 4.06. The fraction of sp³-hybridized carbons (Fsp3) is 0.684. The van der Waals surface area contributed by atoms with E-state index in [4.69, 9.17) is 4.74 Å². The molecule has 1 aromatic heterocycles. The Balaban J connectivity index is 1.50. The predicted octanol–water partition coefficient (Wildman–Crippen LogP) is 1.00. The van der Waals surface area contributed by atoms with Gasteiger partial charge in [0, 0.05) is 51.8 Å². The van der Waals surface area contributed by atoms with E-state index >= 15 is 0 Å². The van der Waals surface area contributed by atoms with Crippen LogP contribution >= 0.6 is 0 Å². The Morgan fingerprint density at radius 3 is 2.68 bits per heavy atom. The number of nitrogens with zero attached hydrogens (tertiary/aromatic N) is 4. The van der Waals surface area contributed by atoms with E-state index in [1.54, 1.807) is 11.9 Å². The standard InChI is InChI=1S/C19H28N6O3/c1-20-18-22-15-6-9-25(19(27)21-11-13-5-4-10-28-13)12-14(15)16(23-18)17(26)24-7-2-3-8-24/h13H,2-12H2,1H3,(H,21,27)(H,20,22,23)/t13-/m0/s1. The van der Waals surface area contributed by atoms with Crippen molar-refractivity contribution < 1.29 is 14.3 Å². The maximum atomic E-state index is 13.0. The Bertz CT molecular complexity index is 743. The summed E-state index contributed by atoms with van der Waals surface area (Å²) in [6.07, 6.45) is 4.80. The second kappa shape index (κ2) is 8.30. The van der Waals surface area contributed by atoms with Gasteiger partial charge in [-0.05, 0) is 25.7 Å². The third-order valence-corrected chi connectivity index (χ3v) is 5.67. The summed E-state index contributed by atoms with van der Waals surface area (Å²) in [5.41, 5.74) is 2.05. The molecule has 0 bridgehead atoms. The molecule has 2 N–H and O–H groups in total. The molecule has 2 fully saturated rings. The molecule has 4 rings (SSSR count). The van der Waals surface area contributed by atoms with Gasteiger partial charge in [-0.3, -0.25) is 4.79 Å². The monoisotopic (exact) mass is 388 g/mol. The van der Waals surface area contributed by atoms with Crippen LogP contribution in [0.4, 0.5) is 10.7 Å². The predicted molar refractivity (Wildman–Crippen MR) is 103 cm³/mol. The van der Waals surface area contributed by atoms with Gasteiger partial charge in [0.15, 0.2) is 0 Å². The number of carbonyl (C=O) groups excluding carboxylic acids is 2. The first kappa shape index (κ1) is 18.9. The Kier molecular flexibility index (Phi) is 5.61. The molecule has 0 aliphatic carbocycles. The molecule has 2 saturated heterocycles. The van der Waals surface area contributed by atoms with Gasteiger partial charge < -0.3 is 25.2 Å². The highest BCUT2D eigenvalue weighted by atomic mass is 16.5. The van der Waals surface area contributed by atoms with Crippen LogP contribution < -0.4 is 10.6 Å². The van der Waals surface area contributed by atoms with Crippen LogP contribution in [0.25, 0.3) is 0 Å². The number of amides is 3. The van der Waals surface area contributed by atoms with E-state index in [0.717, 1.165) is 56.6 Å². The lowest BCUT2D eigenvalue weighted by molar-refractivity contribution is 0.0783. The molecule has 1 aromatic rings. The summed E-state index contributed by atoms with van der Waals surface area (Å²) in [5.74, 6) is 0.395. The lowest BCUT2D eigenvalue weighted by Crippen LogP contribution is -2.46. The van der Waals surface area contributed by atoms with Crippen LogP contribution in [0.3, 0.4) is 0 Å². The molecule has 28 heavy (non-hydrogen) atoms. The molecule has 0 unspecified atom stereocenters. The third kappa shape index (κ3) is 3.89. The molecular weight excluding hydrogens is 360 g/mol. The molecule has 3 amide bonds. The molecule has 152 valence electrons. The van der Waals surface area contributed by atoms with E-state index in [2.05, 4.69) is 20.6 Å². The maximum absolute atomic E-state index is 13.0. The molecule has 9 heteroatoms. The van der Waals surface area contributed by atoms with Crippen molar-refractivity contribution in [3.8, 4) is 0 Å². The Morgan fingerprint density at radius 2 is 1.96 bits per heavy atom. The van der Waals surface area contributed by atoms with Crippen LogP contribution in [0.5, 0.6) is 0 Å². The van der Waals surface area contributed by atoms with Crippen molar-refractivity contribution >= 4 is 17.9 Å². The summed E-state index contributed by atoms with van der Waals surface area (Å²) < 4.78 is 5.57. The lowest BCUT2D eigenvalue weighted by atomic mass is 10.0. The normalized spacial score (nSPS) is 21.5. The van der Waals surface area contributed by atoms with Crippen molar-refractivity contribution in [2.45, 2.75) is 44.8 Å². The summed E-state index contributed by atoms with van der Waals surface area (Å²) in [4.78, 5) is 38.2. The molecule has 9 nitrogen and oxygen atoms in total. The summed E-state index contributed by atoms with van der Waals surface area (Å²) >= 11 is 0. The van der Waals surface area contributed by atoms with Crippen molar-refractivity contribution in [2.75, 3.05) is 45.2 Å². The number of likely N-dealkylation sites (tertiary alicyclic amines) is 1. The molecule has 0 spiro atoms. The first-order chi connectivity index (χ1) is 13.7. The highest BCUT2D eigenvalue weighted by molar-refractivity contribution is 5.94. The number of ether oxygens (including phenoxy) is 1. The zero-order valence-electron chi connectivity index (χ0n) is 16.4. The molecule has 3 aliphatic rings. The topological polar surface area (TPSA) is 99.7 Å². The minimum atomic E-state index is -0.126. The van der Waals surface area contributed by atoms with E-state index in [0.29, 0.717) is 37.7 Å². The summed E-state index contributed by atoms with van der Waals surface area (Å²) in [6.45, 7) is 3.74. The van der Waals surface area contributed by atoms with Crippen molar-refractivity contribution in [3.63, 3.8) is 0 Å². The molecule has 3 aliphatic heterocycles. The van der Waals surface area contributed by atoms with Gasteiger partial charge in [0.25, 0.3) is 5.91 Å². The highest BCUT2D eigenvalue weighted by Crippen LogP contribution is 2.24. The second-order valence-electron chi connectivity index (χ2n) is 7.56. The number of rotatable bonds is 4. The van der Waals surface area contributed by atoms with Gasteiger partial charge in [-0.25, -0.2) is 14.8 Å². The Hall–Kier alpha value is -2.42. The zero-order chi connectivity index (χ0) is 19.5. The van der Waals surface area contributed by atoms with Crippen molar-refractivity contribution in [1.82, 2.24) is 25.1 Å². The summed E-state index contributed by atoms with van der Waals surface area (Å²) in [7, 11) is 1.75. The Labute approximate surface area is 164 Å². The molecule has 0 aromatic carbocycles. The SMILES string of the molecule is CNc1nc2c(c(C(=O)N3CCCC3)n1)CN(C(=O)NC[C@@H]1CCCO1)CC2. The average molecular weight is 388 g/mol. The van der Waals surface area contributed by atoms with Gasteiger partial charge in [0.1, 0.15) is 5.69 Å². The summed E-state index contributed by atoms with van der Waals surface area (Å²) in [6, 6.07) is -0.126. The van der Waals surface area contributed by atoms with E-state index < -0.39 is 0 Å². The van der Waals surface area contributed by atoms with E-state index in [1.165, 1.54) is 0 Å². The molecular formula is C19H28N6O3. The molecule has 0 saturated carbocycles. The van der Waals surface area contributed by atoms with Crippen LogP contribution in [0.15, 0.2) is 0 Å². The zero-order valence-corrected chi connectivity index (χ0v) is 16.4. The number of aromatic nitrogens is 2. The number of hydrogen-bond acceptors (Lipinski definition) is 6. The van der Waals surface area contributed by atoms with Gasteiger partial charge in [0.2, 0.25) is 5.95 Å². The number of urea groups is 1. The van der Waals surface area contributed by atoms with Gasteiger partial charge in [-0.1, -0.05) is 0 Å². The maximum Gasteiger partial charge on any atom is 0.317 e. The van der Waals surface area contributed by atoms with Gasteiger partial charge in [0.05, 0.1) is 18.3 Å². The van der Waals surface area contributed by atoms with E-state index in [9.17, 15) is 9.59 Å². The van der Waals surface area contributed by atoms with Crippen molar-refractivity contribution in [1.29, 1.82) is 0 Å². The van der Waals surface area contributed by atoms with E-state index in [-0.39, 0.29) is 18.0 Å². The van der Waals surface area contributed by atoms with Gasteiger partial charge in [-0.2, -0.15) is 0 Å². The van der Waals surface area contributed by atoms with Crippen molar-refractivity contribution in [2.24, 2.45) is 0 Å². The van der Waals surface area contributed by atoms with Gasteiger partial charge >= 0.3 is 6.03 Å². The minimum Gasteiger partial charge on any atom is -0.376 e. The number of hydrogen-bond donors (Lipinski definition) is 2.